The predicted molar refractivity (Wildman–Crippen MR) is 93.6 cm³/mol. The number of carbonyl (C=O) groups excluding carboxylic acids is 1. The number of nitrogens with zero attached hydrogens (tertiary/aromatic N) is 2. The Kier molecular flexibility index (Phi) is 4.85. The van der Waals surface area contributed by atoms with E-state index >= 15 is 0 Å². The molecule has 0 unspecified atom stereocenters. The highest BCUT2D eigenvalue weighted by molar-refractivity contribution is 5.90. The fourth-order valence-electron chi connectivity index (χ4n) is 2.38. The third-order valence-electron chi connectivity index (χ3n) is 3.62. The lowest BCUT2D eigenvalue weighted by atomic mass is 10.1. The first-order valence-electron chi connectivity index (χ1n) is 7.67. The van der Waals surface area contributed by atoms with Crippen molar-refractivity contribution in [3.05, 3.63) is 54.4 Å². The van der Waals surface area contributed by atoms with E-state index in [1.807, 2.05) is 18.2 Å². The molecule has 2 N–H and O–H groups in total. The van der Waals surface area contributed by atoms with Crippen LogP contribution in [0.5, 0.6) is 11.5 Å². The van der Waals surface area contributed by atoms with Gasteiger partial charge in [-0.2, -0.15) is 5.26 Å². The Morgan fingerprint density at radius 2 is 1.73 bits per heavy atom. The summed E-state index contributed by atoms with van der Waals surface area (Å²) in [6.45, 7) is -0.0371. The van der Waals surface area contributed by atoms with Crippen LogP contribution in [0, 0.1) is 11.3 Å². The maximum atomic E-state index is 11.5. The smallest absolute Gasteiger partial charge is 0.304 e. The van der Waals surface area contributed by atoms with Gasteiger partial charge in [0, 0.05) is 11.1 Å². The summed E-state index contributed by atoms with van der Waals surface area (Å²) in [7, 11) is 1.58. The lowest BCUT2D eigenvalue weighted by molar-refractivity contribution is 0.0968. The van der Waals surface area contributed by atoms with Gasteiger partial charge in [-0.1, -0.05) is 0 Å². The third-order valence-corrected chi connectivity index (χ3v) is 3.62. The molecule has 1 heterocycles. The van der Waals surface area contributed by atoms with E-state index in [4.69, 9.17) is 24.9 Å². The topological polar surface area (TPSA) is 111 Å². The number of hydrogen-bond acceptors (Lipinski definition) is 6. The van der Waals surface area contributed by atoms with Gasteiger partial charge in [-0.25, -0.2) is 4.98 Å². The summed E-state index contributed by atoms with van der Waals surface area (Å²) in [5.41, 5.74) is 7.25. The number of carbonyl (C=O) groups is 1. The Bertz CT molecular complexity index is 954. The number of amides is 1. The van der Waals surface area contributed by atoms with E-state index in [1.165, 1.54) is 0 Å². The lowest BCUT2D eigenvalue weighted by Gasteiger charge is -2.05. The summed E-state index contributed by atoms with van der Waals surface area (Å²) in [5, 5.41) is 8.56. The quantitative estimate of drug-likeness (QED) is 0.732. The van der Waals surface area contributed by atoms with Crippen LogP contribution in [-0.4, -0.2) is 24.6 Å². The van der Waals surface area contributed by atoms with E-state index in [1.54, 1.807) is 43.5 Å². The predicted octanol–water partition coefficient (Wildman–Crippen LogP) is 3.02. The van der Waals surface area contributed by atoms with Crippen LogP contribution in [0.3, 0.4) is 0 Å². The molecule has 0 saturated carbocycles. The Balaban J connectivity index is 2.02. The van der Waals surface area contributed by atoms with Crippen molar-refractivity contribution in [3.8, 4) is 40.1 Å². The number of nitrogens with two attached hydrogens (primary N) is 1. The number of hydrogen-bond donors (Lipinski definition) is 1. The van der Waals surface area contributed by atoms with Crippen molar-refractivity contribution in [3.63, 3.8) is 0 Å². The molecule has 0 aliphatic carbocycles. The summed E-state index contributed by atoms with van der Waals surface area (Å²) in [5.74, 6) is 0.746. The molecule has 7 nitrogen and oxygen atoms in total. The van der Waals surface area contributed by atoms with E-state index in [0.717, 1.165) is 5.56 Å². The minimum absolute atomic E-state index is 0.0371. The van der Waals surface area contributed by atoms with Crippen molar-refractivity contribution in [2.75, 3.05) is 13.7 Å². The second-order valence-electron chi connectivity index (χ2n) is 5.26. The van der Waals surface area contributed by atoms with Crippen molar-refractivity contribution in [2.24, 2.45) is 5.73 Å². The van der Waals surface area contributed by atoms with Crippen LogP contribution in [0.4, 0.5) is 0 Å². The van der Waals surface area contributed by atoms with Crippen LogP contribution in [0.2, 0.25) is 0 Å². The zero-order chi connectivity index (χ0) is 18.5. The monoisotopic (exact) mass is 349 g/mol. The minimum Gasteiger partial charge on any atom is -0.497 e. The molecule has 0 bridgehead atoms. The second-order valence-corrected chi connectivity index (χ2v) is 5.26. The second kappa shape index (κ2) is 7.40. The molecule has 130 valence electrons. The summed E-state index contributed by atoms with van der Waals surface area (Å²) < 4.78 is 16.0. The molecule has 26 heavy (non-hydrogen) atoms. The van der Waals surface area contributed by atoms with Gasteiger partial charge < -0.3 is 19.6 Å². The molecule has 7 heteroatoms. The Morgan fingerprint density at radius 1 is 1.12 bits per heavy atom. The number of ether oxygens (including phenoxy) is 2. The molecule has 0 fully saturated rings. The highest BCUT2D eigenvalue weighted by atomic mass is 16.5. The maximum Gasteiger partial charge on any atom is 0.304 e. The van der Waals surface area contributed by atoms with Gasteiger partial charge >= 0.3 is 5.91 Å². The normalized spacial score (nSPS) is 10.2. The molecular weight excluding hydrogens is 334 g/mol. The van der Waals surface area contributed by atoms with Gasteiger partial charge in [-0.15, -0.1) is 0 Å². The SMILES string of the molecule is COc1ccc(-c2nc(C(N)=O)oc2-c2ccc(OCC#N)cc2)cc1. The average Bonchev–Trinajstić information content (AvgIpc) is 3.12. The summed E-state index contributed by atoms with van der Waals surface area (Å²) in [6.07, 6.45) is 0. The van der Waals surface area contributed by atoms with Gasteiger partial charge in [0.15, 0.2) is 12.4 Å². The zero-order valence-corrected chi connectivity index (χ0v) is 13.9. The van der Waals surface area contributed by atoms with E-state index in [-0.39, 0.29) is 12.5 Å². The largest absolute Gasteiger partial charge is 0.497 e. The fourth-order valence-corrected chi connectivity index (χ4v) is 2.38. The molecular formula is C19H15N3O4. The Labute approximate surface area is 149 Å². The molecule has 0 saturated heterocycles. The van der Waals surface area contributed by atoms with Gasteiger partial charge in [-0.3, -0.25) is 4.79 Å². The zero-order valence-electron chi connectivity index (χ0n) is 13.9. The molecule has 3 rings (SSSR count). The fraction of sp³-hybridized carbons (Fsp3) is 0.105. The van der Waals surface area contributed by atoms with E-state index in [2.05, 4.69) is 4.98 Å². The maximum absolute atomic E-state index is 11.5. The van der Waals surface area contributed by atoms with Crippen LogP contribution >= 0.6 is 0 Å². The first-order chi connectivity index (χ1) is 12.6. The highest BCUT2D eigenvalue weighted by Crippen LogP contribution is 2.34. The van der Waals surface area contributed by atoms with Crippen molar-refractivity contribution >= 4 is 5.91 Å². The molecule has 0 atom stereocenters. The third kappa shape index (κ3) is 3.49. The van der Waals surface area contributed by atoms with Crippen LogP contribution < -0.4 is 15.2 Å². The van der Waals surface area contributed by atoms with Gasteiger partial charge in [0.05, 0.1) is 7.11 Å². The first kappa shape index (κ1) is 17.0. The summed E-state index contributed by atoms with van der Waals surface area (Å²) in [6, 6.07) is 16.0. The van der Waals surface area contributed by atoms with Gasteiger partial charge in [0.2, 0.25) is 0 Å². The number of aromatic nitrogens is 1. The first-order valence-corrected chi connectivity index (χ1v) is 7.67. The molecule has 0 radical (unpaired) electrons. The molecule has 0 spiro atoms. The van der Waals surface area contributed by atoms with Crippen molar-refractivity contribution < 1.29 is 18.7 Å². The molecule has 3 aromatic rings. The minimum atomic E-state index is -0.750. The van der Waals surface area contributed by atoms with Crippen LogP contribution in [0.1, 0.15) is 10.7 Å². The average molecular weight is 349 g/mol. The van der Waals surface area contributed by atoms with Crippen molar-refractivity contribution in [2.45, 2.75) is 0 Å². The summed E-state index contributed by atoms with van der Waals surface area (Å²) in [4.78, 5) is 15.7. The van der Waals surface area contributed by atoms with Gasteiger partial charge in [-0.05, 0) is 48.5 Å². The number of primary amides is 1. The number of benzene rings is 2. The standard InChI is InChI=1S/C19H15N3O4/c1-24-14-6-2-12(3-7-14)16-17(26-19(22-16)18(21)23)13-4-8-15(9-5-13)25-11-10-20/h2-9H,11H2,1H3,(H2,21,23). The Morgan fingerprint density at radius 3 is 2.31 bits per heavy atom. The molecule has 0 aliphatic rings. The lowest BCUT2D eigenvalue weighted by Crippen LogP contribution is -2.10. The van der Waals surface area contributed by atoms with Gasteiger partial charge in [0.1, 0.15) is 23.3 Å². The van der Waals surface area contributed by atoms with E-state index in [9.17, 15) is 4.79 Å². The Hall–Kier alpha value is -3.79. The van der Waals surface area contributed by atoms with Crippen molar-refractivity contribution in [1.29, 1.82) is 5.26 Å². The molecule has 0 aliphatic heterocycles. The van der Waals surface area contributed by atoms with Crippen LogP contribution in [0.25, 0.3) is 22.6 Å². The summed E-state index contributed by atoms with van der Waals surface area (Å²) >= 11 is 0. The van der Waals surface area contributed by atoms with Crippen LogP contribution in [0.15, 0.2) is 52.9 Å². The highest BCUT2D eigenvalue weighted by Gasteiger charge is 2.19. The molecule has 1 amide bonds. The number of nitriles is 1. The molecule has 1 aromatic heterocycles. The number of oxazole rings is 1. The van der Waals surface area contributed by atoms with E-state index in [0.29, 0.717) is 28.5 Å². The van der Waals surface area contributed by atoms with E-state index < -0.39 is 5.91 Å². The number of rotatable bonds is 6. The molecule has 2 aromatic carbocycles. The van der Waals surface area contributed by atoms with Crippen molar-refractivity contribution in [1.82, 2.24) is 4.98 Å². The van der Waals surface area contributed by atoms with Gasteiger partial charge in [0.25, 0.3) is 5.89 Å². The van der Waals surface area contributed by atoms with Crippen LogP contribution in [-0.2, 0) is 0 Å². The number of methoxy groups -OCH3 is 1.